The molecule has 0 radical (unpaired) electrons. The molecule has 0 saturated heterocycles. The van der Waals surface area contributed by atoms with Crippen molar-refractivity contribution in [2.24, 2.45) is 0 Å². The van der Waals surface area contributed by atoms with E-state index in [9.17, 15) is 0 Å². The molecular weight excluding hydrogens is 337 g/mol. The van der Waals surface area contributed by atoms with Gasteiger partial charge < -0.3 is 4.98 Å². The zero-order valence-electron chi connectivity index (χ0n) is 8.92. The fourth-order valence-corrected chi connectivity index (χ4v) is 2.39. The Kier molecular flexibility index (Phi) is 3.01. The summed E-state index contributed by atoms with van der Waals surface area (Å²) in [7, 11) is 0. The van der Waals surface area contributed by atoms with Crippen LogP contribution in [-0.2, 0) is 0 Å². The van der Waals surface area contributed by atoms with Crippen LogP contribution >= 0.6 is 39.1 Å². The molecule has 18 heavy (non-hydrogen) atoms. The van der Waals surface area contributed by atoms with Crippen LogP contribution in [0.5, 0.6) is 0 Å². The Morgan fingerprint density at radius 2 is 2.00 bits per heavy atom. The highest BCUT2D eigenvalue weighted by Gasteiger charge is 2.10. The molecular formula is C12H6BrCl2N3. The van der Waals surface area contributed by atoms with Crippen molar-refractivity contribution < 1.29 is 0 Å². The molecule has 0 aliphatic carbocycles. The number of hydrogen-bond donors (Lipinski definition) is 1. The van der Waals surface area contributed by atoms with E-state index in [1.54, 1.807) is 24.4 Å². The molecule has 3 aromatic rings. The SMILES string of the molecule is Clc1ccc(Cl)c(-c2nc3ncc(Br)cc3[nH]2)c1. The molecule has 0 unspecified atom stereocenters. The highest BCUT2D eigenvalue weighted by Crippen LogP contribution is 2.30. The molecule has 0 fully saturated rings. The number of H-pyrrole nitrogens is 1. The maximum absolute atomic E-state index is 6.14. The van der Waals surface area contributed by atoms with Gasteiger partial charge in [-0.3, -0.25) is 0 Å². The number of nitrogens with zero attached hydrogens (tertiary/aromatic N) is 2. The van der Waals surface area contributed by atoms with Crippen LogP contribution in [0.3, 0.4) is 0 Å². The van der Waals surface area contributed by atoms with Crippen molar-refractivity contribution in [2.45, 2.75) is 0 Å². The molecule has 0 saturated carbocycles. The zero-order chi connectivity index (χ0) is 12.7. The van der Waals surface area contributed by atoms with Crippen LogP contribution in [0.1, 0.15) is 0 Å². The molecule has 0 amide bonds. The van der Waals surface area contributed by atoms with Gasteiger partial charge in [-0.15, -0.1) is 0 Å². The Bertz CT molecular complexity index is 739. The largest absolute Gasteiger partial charge is 0.336 e. The molecule has 2 aromatic heterocycles. The number of aromatic amines is 1. The predicted octanol–water partition coefficient (Wildman–Crippen LogP) is 4.69. The lowest BCUT2D eigenvalue weighted by atomic mass is 10.2. The van der Waals surface area contributed by atoms with Crippen molar-refractivity contribution in [1.29, 1.82) is 0 Å². The summed E-state index contributed by atoms with van der Waals surface area (Å²) in [6.07, 6.45) is 1.70. The van der Waals surface area contributed by atoms with Gasteiger partial charge in [0, 0.05) is 21.3 Å². The monoisotopic (exact) mass is 341 g/mol. The van der Waals surface area contributed by atoms with Gasteiger partial charge in [0.25, 0.3) is 0 Å². The first-order chi connectivity index (χ1) is 8.63. The summed E-state index contributed by atoms with van der Waals surface area (Å²) < 4.78 is 0.891. The van der Waals surface area contributed by atoms with Crippen molar-refractivity contribution in [3.05, 3.63) is 45.0 Å². The van der Waals surface area contributed by atoms with Crippen LogP contribution in [0.25, 0.3) is 22.6 Å². The fourth-order valence-electron chi connectivity index (χ4n) is 1.68. The van der Waals surface area contributed by atoms with Crippen LogP contribution in [0.15, 0.2) is 34.9 Å². The third kappa shape index (κ3) is 2.11. The lowest BCUT2D eigenvalue weighted by Crippen LogP contribution is -1.82. The zero-order valence-corrected chi connectivity index (χ0v) is 12.0. The highest BCUT2D eigenvalue weighted by molar-refractivity contribution is 9.10. The Hall–Kier alpha value is -1.10. The summed E-state index contributed by atoms with van der Waals surface area (Å²) in [4.78, 5) is 11.8. The number of halogens is 3. The normalized spacial score (nSPS) is 11.1. The van der Waals surface area contributed by atoms with E-state index in [2.05, 4.69) is 30.9 Å². The van der Waals surface area contributed by atoms with Crippen LogP contribution in [-0.4, -0.2) is 15.0 Å². The summed E-state index contributed by atoms with van der Waals surface area (Å²) in [5, 5.41) is 1.21. The van der Waals surface area contributed by atoms with E-state index < -0.39 is 0 Å². The predicted molar refractivity (Wildman–Crippen MR) is 77.0 cm³/mol. The van der Waals surface area contributed by atoms with Crippen molar-refractivity contribution in [3.63, 3.8) is 0 Å². The molecule has 3 rings (SSSR count). The number of nitrogens with one attached hydrogen (secondary N) is 1. The number of rotatable bonds is 1. The Morgan fingerprint density at radius 3 is 2.83 bits per heavy atom. The smallest absolute Gasteiger partial charge is 0.178 e. The molecule has 0 spiro atoms. The second-order valence-corrected chi connectivity index (χ2v) is 5.49. The van der Waals surface area contributed by atoms with Gasteiger partial charge in [0.05, 0.1) is 10.5 Å². The van der Waals surface area contributed by atoms with E-state index in [1.165, 1.54) is 0 Å². The van der Waals surface area contributed by atoms with E-state index >= 15 is 0 Å². The Balaban J connectivity index is 2.22. The van der Waals surface area contributed by atoms with Crippen molar-refractivity contribution in [3.8, 4) is 11.4 Å². The van der Waals surface area contributed by atoms with Gasteiger partial charge in [-0.25, -0.2) is 9.97 Å². The minimum Gasteiger partial charge on any atom is -0.336 e. The van der Waals surface area contributed by atoms with E-state index in [4.69, 9.17) is 23.2 Å². The second kappa shape index (κ2) is 4.53. The average molecular weight is 343 g/mol. The van der Waals surface area contributed by atoms with Crippen LogP contribution in [0.2, 0.25) is 10.0 Å². The molecule has 0 atom stereocenters. The number of imidazole rings is 1. The third-order valence-electron chi connectivity index (χ3n) is 2.49. The molecule has 0 bridgehead atoms. The van der Waals surface area contributed by atoms with E-state index in [0.717, 1.165) is 15.6 Å². The summed E-state index contributed by atoms with van der Waals surface area (Å²) >= 11 is 15.5. The Morgan fingerprint density at radius 1 is 1.17 bits per heavy atom. The molecule has 0 aliphatic heterocycles. The van der Waals surface area contributed by atoms with E-state index in [0.29, 0.717) is 21.5 Å². The minimum absolute atomic E-state index is 0.595. The van der Waals surface area contributed by atoms with Gasteiger partial charge in [0.2, 0.25) is 0 Å². The average Bonchev–Trinajstić information content (AvgIpc) is 2.74. The maximum atomic E-state index is 6.14. The van der Waals surface area contributed by atoms with Gasteiger partial charge >= 0.3 is 0 Å². The first-order valence-electron chi connectivity index (χ1n) is 5.10. The molecule has 1 aromatic carbocycles. The molecule has 6 heteroatoms. The summed E-state index contributed by atoms with van der Waals surface area (Å²) in [6, 6.07) is 7.18. The van der Waals surface area contributed by atoms with Gasteiger partial charge in [-0.05, 0) is 40.2 Å². The molecule has 3 nitrogen and oxygen atoms in total. The summed E-state index contributed by atoms with van der Waals surface area (Å²) in [5.74, 6) is 0.656. The molecule has 0 aliphatic rings. The van der Waals surface area contributed by atoms with Crippen LogP contribution in [0, 0.1) is 0 Å². The lowest BCUT2D eigenvalue weighted by Gasteiger charge is -2.00. The van der Waals surface area contributed by atoms with Crippen LogP contribution in [0.4, 0.5) is 0 Å². The number of pyridine rings is 1. The maximum Gasteiger partial charge on any atom is 0.178 e. The van der Waals surface area contributed by atoms with Crippen molar-refractivity contribution in [1.82, 2.24) is 15.0 Å². The quantitative estimate of drug-likeness (QED) is 0.696. The van der Waals surface area contributed by atoms with Crippen molar-refractivity contribution in [2.75, 3.05) is 0 Å². The first kappa shape index (κ1) is 12.0. The molecule has 2 heterocycles. The number of benzene rings is 1. The van der Waals surface area contributed by atoms with Gasteiger partial charge in [0.15, 0.2) is 5.65 Å². The minimum atomic E-state index is 0.595. The second-order valence-electron chi connectivity index (χ2n) is 3.73. The molecule has 1 N–H and O–H groups in total. The Labute approximate surface area is 121 Å². The fraction of sp³-hybridized carbons (Fsp3) is 0. The van der Waals surface area contributed by atoms with E-state index in [1.807, 2.05) is 6.07 Å². The third-order valence-corrected chi connectivity index (χ3v) is 3.49. The first-order valence-corrected chi connectivity index (χ1v) is 6.65. The summed E-state index contributed by atoms with van der Waals surface area (Å²) in [6.45, 7) is 0. The number of aromatic nitrogens is 3. The molecule has 90 valence electrons. The van der Waals surface area contributed by atoms with E-state index in [-0.39, 0.29) is 0 Å². The van der Waals surface area contributed by atoms with Gasteiger partial charge in [-0.1, -0.05) is 23.2 Å². The van der Waals surface area contributed by atoms with Crippen LogP contribution < -0.4 is 0 Å². The number of fused-ring (bicyclic) bond motifs is 1. The standard InChI is InChI=1S/C12H6BrCl2N3/c13-6-3-10-12(16-5-6)18-11(17-10)8-4-7(14)1-2-9(8)15/h1-5H,(H,16,17,18). The van der Waals surface area contributed by atoms with Gasteiger partial charge in [0.1, 0.15) is 5.82 Å². The number of hydrogen-bond acceptors (Lipinski definition) is 2. The lowest BCUT2D eigenvalue weighted by molar-refractivity contribution is 1.30. The van der Waals surface area contributed by atoms with Gasteiger partial charge in [-0.2, -0.15) is 0 Å². The topological polar surface area (TPSA) is 41.6 Å². The summed E-state index contributed by atoms with van der Waals surface area (Å²) in [5.41, 5.74) is 2.25. The highest BCUT2D eigenvalue weighted by atomic mass is 79.9. The van der Waals surface area contributed by atoms with Crippen molar-refractivity contribution >= 4 is 50.3 Å².